The van der Waals surface area contributed by atoms with Gasteiger partial charge >= 0.3 is 37.7 Å². The van der Waals surface area contributed by atoms with Gasteiger partial charge < -0.3 is 18.2 Å². The van der Waals surface area contributed by atoms with E-state index in [0.29, 0.717) is 6.42 Å². The molecular formula is C4H12CaO3. The summed E-state index contributed by atoms with van der Waals surface area (Å²) in [5.74, 6) is -2.45. The van der Waals surface area contributed by atoms with E-state index in [2.05, 4.69) is 0 Å². The van der Waals surface area contributed by atoms with Crippen molar-refractivity contribution in [1.82, 2.24) is 0 Å². The van der Waals surface area contributed by atoms with E-state index < -0.39 is 5.97 Å². The van der Waals surface area contributed by atoms with Gasteiger partial charge in [0.1, 0.15) is 0 Å². The van der Waals surface area contributed by atoms with Crippen molar-refractivity contribution in [2.24, 2.45) is 0 Å². The molecule has 0 aromatic carbocycles. The van der Waals surface area contributed by atoms with Crippen LogP contribution in [0.5, 0.6) is 0 Å². The fourth-order valence-corrected chi connectivity index (χ4v) is 0.335. The van der Waals surface area contributed by atoms with Gasteiger partial charge in [-0.15, -0.1) is 0 Å². The predicted octanol–water partition coefficient (Wildman–Crippen LogP) is -0.739. The van der Waals surface area contributed by atoms with Gasteiger partial charge in [0.25, 0.3) is 5.97 Å². The molecule has 0 unspecified atom stereocenters. The van der Waals surface area contributed by atoms with Gasteiger partial charge in [-0.05, 0) is 6.42 Å². The van der Waals surface area contributed by atoms with E-state index in [0.717, 1.165) is 0 Å². The van der Waals surface area contributed by atoms with E-state index in [9.17, 15) is 0 Å². The van der Waals surface area contributed by atoms with E-state index >= 15 is 0 Å². The molecule has 3 nitrogen and oxygen atoms in total. The van der Waals surface area contributed by atoms with Gasteiger partial charge in [0.15, 0.2) is 0 Å². The summed E-state index contributed by atoms with van der Waals surface area (Å²) in [6.45, 7) is 1.75. The Kier molecular flexibility index (Phi) is 7.38. The maximum Gasteiger partial charge on any atom is 2.00 e. The molecule has 0 rings (SSSR count). The molecule has 0 heterocycles. The van der Waals surface area contributed by atoms with Crippen molar-refractivity contribution in [3.63, 3.8) is 0 Å². The zero-order valence-electron chi connectivity index (χ0n) is 6.96. The van der Waals surface area contributed by atoms with Crippen LogP contribution in [0.2, 0.25) is 0 Å². The molecule has 48 valence electrons. The average Bonchev–Trinajstić information content (AvgIpc) is 1.30. The number of hydrogen-bond acceptors (Lipinski definition) is 3. The van der Waals surface area contributed by atoms with Crippen LogP contribution in [-0.2, 0) is 0 Å². The SMILES string of the molecule is CCCC(O)(O)O.[Ca+2].[H-].[H-]. The summed E-state index contributed by atoms with van der Waals surface area (Å²) in [6.07, 6.45) is 0.566. The van der Waals surface area contributed by atoms with E-state index in [-0.39, 0.29) is 47.0 Å². The van der Waals surface area contributed by atoms with Crippen LogP contribution in [0.4, 0.5) is 0 Å². The van der Waals surface area contributed by atoms with Gasteiger partial charge in [-0.25, -0.2) is 0 Å². The predicted molar refractivity (Wildman–Crippen MR) is 32.3 cm³/mol. The average molecular weight is 148 g/mol. The maximum absolute atomic E-state index is 8.13. The van der Waals surface area contributed by atoms with Crippen molar-refractivity contribution in [3.8, 4) is 0 Å². The van der Waals surface area contributed by atoms with Gasteiger partial charge in [-0.3, -0.25) is 0 Å². The van der Waals surface area contributed by atoms with Crippen molar-refractivity contribution in [2.45, 2.75) is 25.7 Å². The third-order valence-corrected chi connectivity index (χ3v) is 0.585. The number of hydrogen-bond donors (Lipinski definition) is 3. The molecule has 4 heteroatoms. The smallest absolute Gasteiger partial charge is 1.00 e. The van der Waals surface area contributed by atoms with Crippen LogP contribution in [0.3, 0.4) is 0 Å². The van der Waals surface area contributed by atoms with Gasteiger partial charge in [0.2, 0.25) is 0 Å². The monoisotopic (exact) mass is 148 g/mol. The standard InChI is InChI=1S/C4H10O3.Ca.2H/c1-2-3-4(5,6)7;;;/h5-7H,2-3H2,1H3;;;/q;+2;2*-1. The van der Waals surface area contributed by atoms with Gasteiger partial charge in [0, 0.05) is 6.42 Å². The summed E-state index contributed by atoms with van der Waals surface area (Å²) in [5.41, 5.74) is 0. The zero-order chi connectivity index (χ0) is 5.91. The maximum atomic E-state index is 8.13. The zero-order valence-corrected chi connectivity index (χ0v) is 7.17. The molecule has 0 saturated heterocycles. The molecular weight excluding hydrogens is 136 g/mol. The minimum atomic E-state index is -2.45. The van der Waals surface area contributed by atoms with Gasteiger partial charge in [0.05, 0.1) is 0 Å². The first-order chi connectivity index (χ1) is 3.06. The van der Waals surface area contributed by atoms with Crippen molar-refractivity contribution in [1.29, 1.82) is 0 Å². The molecule has 0 fully saturated rings. The summed E-state index contributed by atoms with van der Waals surface area (Å²) in [6, 6.07) is 0. The minimum absolute atomic E-state index is 0. The summed E-state index contributed by atoms with van der Waals surface area (Å²) in [5, 5.41) is 24.4. The Morgan fingerprint density at radius 1 is 1.38 bits per heavy atom. The van der Waals surface area contributed by atoms with E-state index in [1.165, 1.54) is 0 Å². The molecule has 0 aromatic rings. The Balaban J connectivity index is -0.0000000600. The Morgan fingerprint density at radius 3 is 1.75 bits per heavy atom. The van der Waals surface area contributed by atoms with E-state index in [4.69, 9.17) is 15.3 Å². The van der Waals surface area contributed by atoms with Crippen molar-refractivity contribution in [2.75, 3.05) is 0 Å². The molecule has 0 aromatic heterocycles. The summed E-state index contributed by atoms with van der Waals surface area (Å²) in [7, 11) is 0. The molecule has 0 spiro atoms. The van der Waals surface area contributed by atoms with Crippen molar-refractivity contribution >= 4 is 37.7 Å². The minimum Gasteiger partial charge on any atom is -1.00 e. The van der Waals surface area contributed by atoms with Gasteiger partial charge in [-0.2, -0.15) is 0 Å². The molecule has 3 N–H and O–H groups in total. The van der Waals surface area contributed by atoms with Crippen LogP contribution < -0.4 is 0 Å². The third kappa shape index (κ3) is 10.2. The molecule has 0 saturated carbocycles. The van der Waals surface area contributed by atoms with Crippen LogP contribution in [0.15, 0.2) is 0 Å². The van der Waals surface area contributed by atoms with E-state index in [1.807, 2.05) is 0 Å². The van der Waals surface area contributed by atoms with Crippen molar-refractivity contribution < 1.29 is 18.2 Å². The molecule has 0 aliphatic rings. The van der Waals surface area contributed by atoms with E-state index in [1.54, 1.807) is 6.92 Å². The number of rotatable bonds is 2. The molecule has 8 heavy (non-hydrogen) atoms. The molecule has 0 aliphatic carbocycles. The largest absolute Gasteiger partial charge is 2.00 e. The normalized spacial score (nSPS) is 10.5. The first-order valence-corrected chi connectivity index (χ1v) is 2.23. The second-order valence-corrected chi connectivity index (χ2v) is 1.52. The molecule has 0 bridgehead atoms. The summed E-state index contributed by atoms with van der Waals surface area (Å²) >= 11 is 0. The first-order valence-electron chi connectivity index (χ1n) is 2.23. The van der Waals surface area contributed by atoms with Gasteiger partial charge in [-0.1, -0.05) is 6.92 Å². The van der Waals surface area contributed by atoms with Crippen molar-refractivity contribution in [3.05, 3.63) is 0 Å². The topological polar surface area (TPSA) is 60.7 Å². The molecule has 0 amide bonds. The molecule has 0 aliphatic heterocycles. The second-order valence-electron chi connectivity index (χ2n) is 1.52. The Hall–Kier alpha value is 1.14. The van der Waals surface area contributed by atoms with Crippen LogP contribution >= 0.6 is 0 Å². The van der Waals surface area contributed by atoms with Crippen LogP contribution in [0, 0.1) is 0 Å². The van der Waals surface area contributed by atoms with Crippen LogP contribution in [0.25, 0.3) is 0 Å². The third-order valence-electron chi connectivity index (χ3n) is 0.585. The Labute approximate surface area is 81.3 Å². The number of aliphatic hydroxyl groups is 3. The molecule has 0 radical (unpaired) electrons. The quantitative estimate of drug-likeness (QED) is 0.357. The summed E-state index contributed by atoms with van der Waals surface area (Å²) in [4.78, 5) is 0. The second kappa shape index (κ2) is 4.97. The fraction of sp³-hybridized carbons (Fsp3) is 1.00. The fourth-order valence-electron chi connectivity index (χ4n) is 0.335. The van der Waals surface area contributed by atoms with Crippen LogP contribution in [-0.4, -0.2) is 59.0 Å². The Morgan fingerprint density at radius 2 is 1.75 bits per heavy atom. The first kappa shape index (κ1) is 11.9. The Bertz CT molecular complexity index is 57.0. The van der Waals surface area contributed by atoms with Crippen LogP contribution in [0.1, 0.15) is 22.6 Å². The molecule has 0 atom stereocenters. The summed E-state index contributed by atoms with van der Waals surface area (Å²) < 4.78 is 0.